The Labute approximate surface area is 128 Å². The fourth-order valence-electron chi connectivity index (χ4n) is 1.41. The Kier molecular flexibility index (Phi) is 6.94. The first-order valence-corrected chi connectivity index (χ1v) is 7.15. The van der Waals surface area contributed by atoms with Gasteiger partial charge in [0.1, 0.15) is 0 Å². The molecule has 1 rings (SSSR count). The average molecular weight is 324 g/mol. The molecule has 0 aliphatic rings. The van der Waals surface area contributed by atoms with Gasteiger partial charge in [-0.05, 0) is 18.1 Å². The van der Waals surface area contributed by atoms with E-state index in [2.05, 4.69) is 10.6 Å². The van der Waals surface area contributed by atoms with E-state index in [-0.39, 0.29) is 12.5 Å². The molecule has 2 N–H and O–H groups in total. The minimum atomic E-state index is -0.0528. The van der Waals surface area contributed by atoms with Crippen molar-refractivity contribution in [3.63, 3.8) is 0 Å². The number of carbonyl (C=O) groups excluding carboxylic acids is 1. The van der Waals surface area contributed by atoms with Crippen molar-refractivity contribution in [2.45, 2.75) is 20.4 Å². The number of hydrogen-bond acceptors (Lipinski definition) is 2. The van der Waals surface area contributed by atoms with Crippen LogP contribution in [0.25, 0.3) is 0 Å². The molecule has 1 aromatic rings. The van der Waals surface area contributed by atoms with Crippen LogP contribution in [0.1, 0.15) is 19.4 Å². The number of hydrogen-bond donors (Lipinski definition) is 2. The maximum Gasteiger partial charge on any atom is 0.233 e. The lowest BCUT2D eigenvalue weighted by Crippen LogP contribution is -2.35. The summed E-state index contributed by atoms with van der Waals surface area (Å²) in [7, 11) is 0. The van der Waals surface area contributed by atoms with Gasteiger partial charge in [-0.15, -0.1) is 0 Å². The molecule has 0 fully saturated rings. The molecule has 19 heavy (non-hydrogen) atoms. The van der Waals surface area contributed by atoms with E-state index < -0.39 is 0 Å². The monoisotopic (exact) mass is 322 g/mol. The third kappa shape index (κ3) is 5.57. The van der Waals surface area contributed by atoms with Gasteiger partial charge >= 0.3 is 0 Å². The topological polar surface area (TPSA) is 41.1 Å². The van der Waals surface area contributed by atoms with E-state index in [1.54, 1.807) is 12.1 Å². The average Bonchev–Trinajstić information content (AvgIpc) is 2.35. The lowest BCUT2D eigenvalue weighted by Gasteiger charge is -2.11. The molecule has 1 aromatic carbocycles. The molecule has 0 spiro atoms. The molecule has 0 saturated heterocycles. The van der Waals surface area contributed by atoms with Crippen molar-refractivity contribution in [2.75, 3.05) is 13.1 Å². The number of amides is 1. The van der Waals surface area contributed by atoms with E-state index in [0.29, 0.717) is 39.6 Å². The van der Waals surface area contributed by atoms with E-state index >= 15 is 0 Å². The van der Waals surface area contributed by atoms with Gasteiger partial charge in [-0.3, -0.25) is 4.79 Å². The zero-order valence-electron chi connectivity index (χ0n) is 10.9. The zero-order valence-corrected chi connectivity index (χ0v) is 13.2. The Morgan fingerprint density at radius 1 is 1.21 bits per heavy atom. The van der Waals surface area contributed by atoms with Crippen molar-refractivity contribution < 1.29 is 4.79 Å². The third-order valence-corrected chi connectivity index (χ3v) is 3.63. The van der Waals surface area contributed by atoms with Crippen LogP contribution in [0, 0.1) is 5.92 Å². The van der Waals surface area contributed by atoms with Crippen LogP contribution in [0.15, 0.2) is 12.1 Å². The lowest BCUT2D eigenvalue weighted by atomic mass is 10.2. The molecule has 0 aromatic heterocycles. The minimum absolute atomic E-state index is 0.0528. The second kappa shape index (κ2) is 7.95. The van der Waals surface area contributed by atoms with Crippen LogP contribution >= 0.6 is 34.8 Å². The van der Waals surface area contributed by atoms with Gasteiger partial charge in [-0.1, -0.05) is 48.7 Å². The predicted molar refractivity (Wildman–Crippen MR) is 81.0 cm³/mol. The maximum absolute atomic E-state index is 11.5. The molecule has 0 heterocycles. The standard InChI is InChI=1S/C13H17Cl3N2O/c1-8(2)5-18-12(19)7-17-6-9-10(14)3-4-11(15)13(9)16/h3-4,8,17H,5-7H2,1-2H3,(H,18,19). The molecule has 0 atom stereocenters. The second-order valence-electron chi connectivity index (χ2n) is 4.62. The molecule has 0 saturated carbocycles. The molecule has 0 radical (unpaired) electrons. The smallest absolute Gasteiger partial charge is 0.233 e. The van der Waals surface area contributed by atoms with Crippen molar-refractivity contribution >= 4 is 40.7 Å². The quantitative estimate of drug-likeness (QED) is 0.787. The SMILES string of the molecule is CC(C)CNC(=O)CNCc1c(Cl)ccc(Cl)c1Cl. The number of benzene rings is 1. The van der Waals surface area contributed by atoms with Crippen molar-refractivity contribution in [3.05, 3.63) is 32.8 Å². The van der Waals surface area contributed by atoms with Crippen LogP contribution in [0.5, 0.6) is 0 Å². The van der Waals surface area contributed by atoms with Crippen LogP contribution in [-0.4, -0.2) is 19.0 Å². The van der Waals surface area contributed by atoms with Crippen molar-refractivity contribution in [2.24, 2.45) is 5.92 Å². The molecule has 1 amide bonds. The van der Waals surface area contributed by atoms with Gasteiger partial charge in [0.25, 0.3) is 0 Å². The summed E-state index contributed by atoms with van der Waals surface area (Å²) in [5.74, 6) is 0.378. The van der Waals surface area contributed by atoms with Gasteiger partial charge in [0.2, 0.25) is 5.91 Å². The second-order valence-corrected chi connectivity index (χ2v) is 5.82. The molecular formula is C13H17Cl3N2O. The predicted octanol–water partition coefficient (Wildman–Crippen LogP) is 3.51. The van der Waals surface area contributed by atoms with E-state index in [4.69, 9.17) is 34.8 Å². The fourth-order valence-corrected chi connectivity index (χ4v) is 2.09. The Hall–Kier alpha value is -0.480. The van der Waals surface area contributed by atoms with Crippen molar-refractivity contribution in [1.29, 1.82) is 0 Å². The Bertz CT molecular complexity index is 450. The van der Waals surface area contributed by atoms with E-state index in [9.17, 15) is 4.79 Å². The van der Waals surface area contributed by atoms with E-state index in [1.807, 2.05) is 13.8 Å². The minimum Gasteiger partial charge on any atom is -0.355 e. The zero-order chi connectivity index (χ0) is 14.4. The first kappa shape index (κ1) is 16.6. The van der Waals surface area contributed by atoms with Crippen LogP contribution in [0.2, 0.25) is 15.1 Å². The molecule has 0 aliphatic carbocycles. The molecule has 0 aliphatic heterocycles. The van der Waals surface area contributed by atoms with Gasteiger partial charge in [0.05, 0.1) is 16.6 Å². The fraction of sp³-hybridized carbons (Fsp3) is 0.462. The van der Waals surface area contributed by atoms with Gasteiger partial charge < -0.3 is 10.6 Å². The lowest BCUT2D eigenvalue weighted by molar-refractivity contribution is -0.120. The third-order valence-electron chi connectivity index (χ3n) is 2.43. The summed E-state index contributed by atoms with van der Waals surface area (Å²) in [6, 6.07) is 3.33. The van der Waals surface area contributed by atoms with Gasteiger partial charge in [0.15, 0.2) is 0 Å². The van der Waals surface area contributed by atoms with Gasteiger partial charge in [-0.2, -0.15) is 0 Å². The summed E-state index contributed by atoms with van der Waals surface area (Å²) in [6.45, 7) is 5.36. The van der Waals surface area contributed by atoms with Crippen LogP contribution < -0.4 is 10.6 Å². The molecular weight excluding hydrogens is 307 g/mol. The maximum atomic E-state index is 11.5. The number of carbonyl (C=O) groups is 1. The molecule has 106 valence electrons. The highest BCUT2D eigenvalue weighted by Gasteiger charge is 2.10. The van der Waals surface area contributed by atoms with E-state index in [1.165, 1.54) is 0 Å². The molecule has 0 unspecified atom stereocenters. The van der Waals surface area contributed by atoms with Crippen LogP contribution in [0.4, 0.5) is 0 Å². The Morgan fingerprint density at radius 3 is 2.47 bits per heavy atom. The largest absolute Gasteiger partial charge is 0.355 e. The first-order chi connectivity index (χ1) is 8.91. The van der Waals surface area contributed by atoms with Crippen LogP contribution in [0.3, 0.4) is 0 Å². The first-order valence-electron chi connectivity index (χ1n) is 6.01. The summed E-state index contributed by atoms with van der Waals surface area (Å²) in [5, 5.41) is 7.21. The Balaban J connectivity index is 2.45. The number of rotatable bonds is 6. The van der Waals surface area contributed by atoms with E-state index in [0.717, 1.165) is 0 Å². The summed E-state index contributed by atoms with van der Waals surface area (Å²) in [6.07, 6.45) is 0. The summed E-state index contributed by atoms with van der Waals surface area (Å²) in [5.41, 5.74) is 0.701. The van der Waals surface area contributed by atoms with Gasteiger partial charge in [0, 0.05) is 23.7 Å². The number of halogens is 3. The number of nitrogens with one attached hydrogen (secondary N) is 2. The Morgan fingerprint density at radius 2 is 1.84 bits per heavy atom. The summed E-state index contributed by atoms with van der Waals surface area (Å²) < 4.78 is 0. The highest BCUT2D eigenvalue weighted by atomic mass is 35.5. The van der Waals surface area contributed by atoms with Crippen molar-refractivity contribution in [3.8, 4) is 0 Å². The highest BCUT2D eigenvalue weighted by Crippen LogP contribution is 2.31. The molecule has 0 bridgehead atoms. The van der Waals surface area contributed by atoms with Gasteiger partial charge in [-0.25, -0.2) is 0 Å². The summed E-state index contributed by atoms with van der Waals surface area (Å²) >= 11 is 18.0. The normalized spacial score (nSPS) is 10.8. The van der Waals surface area contributed by atoms with Crippen molar-refractivity contribution in [1.82, 2.24) is 10.6 Å². The molecule has 6 heteroatoms. The summed E-state index contributed by atoms with van der Waals surface area (Å²) in [4.78, 5) is 11.5. The van der Waals surface area contributed by atoms with Crippen LogP contribution in [-0.2, 0) is 11.3 Å². The highest BCUT2D eigenvalue weighted by molar-refractivity contribution is 6.44. The molecule has 3 nitrogen and oxygen atoms in total.